The maximum absolute atomic E-state index is 12.2. The first-order chi connectivity index (χ1) is 8.84. The first-order valence-corrected chi connectivity index (χ1v) is 8.27. The van der Waals surface area contributed by atoms with Crippen LogP contribution in [-0.2, 0) is 15.0 Å². The van der Waals surface area contributed by atoms with Gasteiger partial charge in [-0.2, -0.15) is 17.4 Å². The molecule has 1 fully saturated rings. The van der Waals surface area contributed by atoms with Crippen LogP contribution in [0.25, 0.3) is 0 Å². The van der Waals surface area contributed by atoms with Crippen molar-refractivity contribution in [2.45, 2.75) is 57.4 Å². The third kappa shape index (κ3) is 4.15. The summed E-state index contributed by atoms with van der Waals surface area (Å²) >= 11 is 0. The number of carboxylic acids is 1. The van der Waals surface area contributed by atoms with Crippen LogP contribution in [0.15, 0.2) is 0 Å². The van der Waals surface area contributed by atoms with Crippen LogP contribution in [0, 0.1) is 0 Å². The van der Waals surface area contributed by atoms with Crippen LogP contribution in [-0.4, -0.2) is 42.9 Å². The average molecular weight is 292 g/mol. The van der Waals surface area contributed by atoms with E-state index in [1.54, 1.807) is 0 Å². The fourth-order valence-corrected chi connectivity index (χ4v) is 3.65. The molecule has 19 heavy (non-hydrogen) atoms. The van der Waals surface area contributed by atoms with Gasteiger partial charge in [0.25, 0.3) is 10.2 Å². The Balaban J connectivity index is 2.80. The van der Waals surface area contributed by atoms with Gasteiger partial charge in [-0.05, 0) is 19.3 Å². The van der Waals surface area contributed by atoms with Crippen molar-refractivity contribution in [2.24, 2.45) is 0 Å². The maximum atomic E-state index is 12.2. The fourth-order valence-electron chi connectivity index (χ4n) is 2.34. The standard InChI is InChI=1S/C12H24N2O4S/c1-3-4-10-14(2)19(17,18)13-12(11(15)16)8-6-5-7-9-12/h13H,3-10H2,1-2H3,(H,15,16). The minimum Gasteiger partial charge on any atom is -0.480 e. The van der Waals surface area contributed by atoms with E-state index in [1.807, 2.05) is 6.92 Å². The van der Waals surface area contributed by atoms with Crippen molar-refractivity contribution in [3.05, 3.63) is 0 Å². The van der Waals surface area contributed by atoms with E-state index in [1.165, 1.54) is 11.4 Å². The molecule has 2 N–H and O–H groups in total. The van der Waals surface area contributed by atoms with Crippen LogP contribution in [0.4, 0.5) is 0 Å². The average Bonchev–Trinajstić information content (AvgIpc) is 2.36. The molecule has 0 aromatic heterocycles. The highest BCUT2D eigenvalue weighted by Crippen LogP contribution is 2.29. The lowest BCUT2D eigenvalue weighted by atomic mass is 9.83. The van der Waals surface area contributed by atoms with E-state index >= 15 is 0 Å². The van der Waals surface area contributed by atoms with Crippen molar-refractivity contribution < 1.29 is 18.3 Å². The molecule has 1 aliphatic rings. The molecule has 0 heterocycles. The minimum absolute atomic E-state index is 0.364. The van der Waals surface area contributed by atoms with Crippen LogP contribution in [0.2, 0.25) is 0 Å². The molecule has 0 spiro atoms. The second kappa shape index (κ2) is 6.67. The molecule has 0 aliphatic heterocycles. The van der Waals surface area contributed by atoms with Gasteiger partial charge in [0.1, 0.15) is 5.54 Å². The highest BCUT2D eigenvalue weighted by Gasteiger charge is 2.43. The molecule has 0 unspecified atom stereocenters. The second-order valence-electron chi connectivity index (χ2n) is 5.23. The molecule has 0 amide bonds. The molecule has 1 aliphatic carbocycles. The van der Waals surface area contributed by atoms with Gasteiger partial charge in [-0.3, -0.25) is 4.79 Å². The maximum Gasteiger partial charge on any atom is 0.324 e. The van der Waals surface area contributed by atoms with Gasteiger partial charge < -0.3 is 5.11 Å². The lowest BCUT2D eigenvalue weighted by Gasteiger charge is -2.34. The highest BCUT2D eigenvalue weighted by atomic mass is 32.2. The normalized spacial score (nSPS) is 19.5. The van der Waals surface area contributed by atoms with Crippen molar-refractivity contribution in [2.75, 3.05) is 13.6 Å². The first-order valence-electron chi connectivity index (χ1n) is 6.83. The predicted octanol–water partition coefficient (Wildman–Crippen LogP) is 1.34. The molecule has 6 nitrogen and oxygen atoms in total. The second-order valence-corrected chi connectivity index (χ2v) is 7.01. The number of nitrogens with one attached hydrogen (secondary N) is 1. The summed E-state index contributed by atoms with van der Waals surface area (Å²) in [6, 6.07) is 0. The number of nitrogens with zero attached hydrogens (tertiary/aromatic N) is 1. The monoisotopic (exact) mass is 292 g/mol. The van der Waals surface area contributed by atoms with Gasteiger partial charge in [0, 0.05) is 13.6 Å². The molecule has 0 bridgehead atoms. The number of carboxylic acid groups (broad SMARTS) is 1. The Kier molecular flexibility index (Phi) is 5.76. The Morgan fingerprint density at radius 3 is 2.37 bits per heavy atom. The SMILES string of the molecule is CCCCN(C)S(=O)(=O)NC1(C(=O)O)CCCCC1. The van der Waals surface area contributed by atoms with Crippen LogP contribution >= 0.6 is 0 Å². The van der Waals surface area contributed by atoms with Gasteiger partial charge in [-0.15, -0.1) is 0 Å². The van der Waals surface area contributed by atoms with Gasteiger partial charge in [0.05, 0.1) is 0 Å². The molecular weight excluding hydrogens is 268 g/mol. The van der Waals surface area contributed by atoms with Gasteiger partial charge in [-0.25, -0.2) is 0 Å². The Morgan fingerprint density at radius 2 is 1.89 bits per heavy atom. The minimum atomic E-state index is -3.73. The zero-order chi connectivity index (χ0) is 14.5. The van der Waals surface area contributed by atoms with Crippen molar-refractivity contribution in [3.8, 4) is 0 Å². The number of hydrogen-bond acceptors (Lipinski definition) is 3. The molecule has 7 heteroatoms. The number of aliphatic carboxylic acids is 1. The zero-order valence-electron chi connectivity index (χ0n) is 11.7. The van der Waals surface area contributed by atoms with E-state index in [-0.39, 0.29) is 0 Å². The Labute approximate surface area is 115 Å². The summed E-state index contributed by atoms with van der Waals surface area (Å²) in [5, 5.41) is 9.36. The van der Waals surface area contributed by atoms with Gasteiger partial charge in [0.15, 0.2) is 0 Å². The van der Waals surface area contributed by atoms with E-state index in [0.717, 1.165) is 32.1 Å². The van der Waals surface area contributed by atoms with Gasteiger partial charge in [-0.1, -0.05) is 32.6 Å². The summed E-state index contributed by atoms with van der Waals surface area (Å²) in [6.07, 6.45) is 4.83. The molecule has 1 rings (SSSR count). The fraction of sp³-hybridized carbons (Fsp3) is 0.917. The van der Waals surface area contributed by atoms with Gasteiger partial charge in [0.2, 0.25) is 0 Å². The summed E-state index contributed by atoms with van der Waals surface area (Å²) in [7, 11) is -2.25. The summed E-state index contributed by atoms with van der Waals surface area (Å²) in [5.74, 6) is -1.07. The first kappa shape index (κ1) is 16.4. The van der Waals surface area contributed by atoms with Crippen LogP contribution in [0.3, 0.4) is 0 Å². The van der Waals surface area contributed by atoms with E-state index in [0.29, 0.717) is 19.4 Å². The lowest BCUT2D eigenvalue weighted by molar-refractivity contribution is -0.145. The summed E-state index contributed by atoms with van der Waals surface area (Å²) in [4.78, 5) is 11.4. The molecule has 0 atom stereocenters. The number of rotatable bonds is 7. The van der Waals surface area contributed by atoms with Crippen molar-refractivity contribution >= 4 is 16.2 Å². The molecule has 0 radical (unpaired) electrons. The van der Waals surface area contributed by atoms with Crippen LogP contribution in [0.1, 0.15) is 51.9 Å². The Hall–Kier alpha value is -0.660. The summed E-state index contributed by atoms with van der Waals surface area (Å²) in [6.45, 7) is 2.38. The lowest BCUT2D eigenvalue weighted by Crippen LogP contribution is -2.58. The molecular formula is C12H24N2O4S. The number of unbranched alkanes of at least 4 members (excludes halogenated alkanes) is 1. The number of carbonyl (C=O) groups is 1. The van der Waals surface area contributed by atoms with Crippen molar-refractivity contribution in [1.82, 2.24) is 9.03 Å². The smallest absolute Gasteiger partial charge is 0.324 e. The summed E-state index contributed by atoms with van der Waals surface area (Å²) in [5.41, 5.74) is -1.32. The molecule has 0 aromatic carbocycles. The topological polar surface area (TPSA) is 86.7 Å². The Morgan fingerprint density at radius 1 is 1.32 bits per heavy atom. The highest BCUT2D eigenvalue weighted by molar-refractivity contribution is 7.87. The third-order valence-electron chi connectivity index (χ3n) is 3.68. The largest absolute Gasteiger partial charge is 0.480 e. The van der Waals surface area contributed by atoms with E-state index in [9.17, 15) is 18.3 Å². The quantitative estimate of drug-likeness (QED) is 0.741. The Bertz CT molecular complexity index is 402. The molecule has 112 valence electrons. The molecule has 0 aromatic rings. The van der Waals surface area contributed by atoms with E-state index < -0.39 is 21.7 Å². The predicted molar refractivity (Wildman–Crippen MR) is 73.0 cm³/mol. The van der Waals surface area contributed by atoms with E-state index in [4.69, 9.17) is 0 Å². The van der Waals surface area contributed by atoms with E-state index in [2.05, 4.69) is 4.72 Å². The van der Waals surface area contributed by atoms with Gasteiger partial charge >= 0.3 is 5.97 Å². The molecule has 0 saturated heterocycles. The van der Waals surface area contributed by atoms with Crippen LogP contribution < -0.4 is 4.72 Å². The number of hydrogen-bond donors (Lipinski definition) is 2. The van der Waals surface area contributed by atoms with Crippen LogP contribution in [0.5, 0.6) is 0 Å². The summed E-state index contributed by atoms with van der Waals surface area (Å²) < 4.78 is 28.0. The van der Waals surface area contributed by atoms with Crippen molar-refractivity contribution in [3.63, 3.8) is 0 Å². The van der Waals surface area contributed by atoms with Crippen molar-refractivity contribution in [1.29, 1.82) is 0 Å². The third-order valence-corrected chi connectivity index (χ3v) is 5.33. The molecule has 1 saturated carbocycles. The zero-order valence-corrected chi connectivity index (χ0v) is 12.5.